The average molecular weight is 361 g/mol. The summed E-state index contributed by atoms with van der Waals surface area (Å²) in [6, 6.07) is 12.3. The standard InChI is InChI=1S/C19H21F2N3S/c20-16-7-3-8-17(21)18(16)23-19(25)22-10-4-11-24-12-9-14-5-1-2-6-15(14)13-24/h1-3,5-8H,4,9-13H2,(H2,22,23,25). The van der Waals surface area contributed by atoms with Crippen LogP contribution in [0.1, 0.15) is 17.5 Å². The van der Waals surface area contributed by atoms with E-state index in [9.17, 15) is 8.78 Å². The molecule has 0 aliphatic carbocycles. The van der Waals surface area contributed by atoms with E-state index in [1.807, 2.05) is 0 Å². The molecule has 2 aromatic rings. The fourth-order valence-electron chi connectivity index (χ4n) is 3.02. The van der Waals surface area contributed by atoms with Crippen molar-refractivity contribution in [3.05, 3.63) is 65.2 Å². The number of rotatable bonds is 5. The van der Waals surface area contributed by atoms with Crippen LogP contribution in [0.4, 0.5) is 14.5 Å². The van der Waals surface area contributed by atoms with Crippen LogP contribution in [0.2, 0.25) is 0 Å². The van der Waals surface area contributed by atoms with Crippen LogP contribution in [0.3, 0.4) is 0 Å². The lowest BCUT2D eigenvalue weighted by Crippen LogP contribution is -2.35. The van der Waals surface area contributed by atoms with Gasteiger partial charge in [0.15, 0.2) is 5.11 Å². The van der Waals surface area contributed by atoms with Gasteiger partial charge in [-0.05, 0) is 48.3 Å². The zero-order valence-corrected chi connectivity index (χ0v) is 14.7. The molecule has 3 rings (SSSR count). The Balaban J connectivity index is 1.40. The number of anilines is 1. The largest absolute Gasteiger partial charge is 0.362 e. The number of fused-ring (bicyclic) bond motifs is 1. The van der Waals surface area contributed by atoms with Crippen LogP contribution in [0.5, 0.6) is 0 Å². The van der Waals surface area contributed by atoms with Gasteiger partial charge < -0.3 is 10.6 Å². The summed E-state index contributed by atoms with van der Waals surface area (Å²) in [6.45, 7) is 3.64. The normalized spacial score (nSPS) is 14.0. The lowest BCUT2D eigenvalue weighted by Gasteiger charge is -2.28. The summed E-state index contributed by atoms with van der Waals surface area (Å²) in [5.74, 6) is -1.31. The van der Waals surface area contributed by atoms with Crippen molar-refractivity contribution in [3.8, 4) is 0 Å². The van der Waals surface area contributed by atoms with Crippen molar-refractivity contribution in [1.82, 2.24) is 10.2 Å². The van der Waals surface area contributed by atoms with Crippen LogP contribution in [0.15, 0.2) is 42.5 Å². The van der Waals surface area contributed by atoms with Gasteiger partial charge in [-0.3, -0.25) is 4.90 Å². The molecule has 1 heterocycles. The van der Waals surface area contributed by atoms with Crippen molar-refractivity contribution >= 4 is 23.0 Å². The first-order valence-electron chi connectivity index (χ1n) is 8.41. The molecule has 0 spiro atoms. The van der Waals surface area contributed by atoms with Crippen LogP contribution in [-0.2, 0) is 13.0 Å². The topological polar surface area (TPSA) is 27.3 Å². The van der Waals surface area contributed by atoms with E-state index >= 15 is 0 Å². The van der Waals surface area contributed by atoms with Crippen LogP contribution < -0.4 is 10.6 Å². The molecule has 132 valence electrons. The van der Waals surface area contributed by atoms with Crippen molar-refractivity contribution in [2.45, 2.75) is 19.4 Å². The summed E-state index contributed by atoms with van der Waals surface area (Å²) >= 11 is 5.11. The Morgan fingerprint density at radius 2 is 1.76 bits per heavy atom. The highest BCUT2D eigenvalue weighted by molar-refractivity contribution is 7.80. The fraction of sp³-hybridized carbons (Fsp3) is 0.316. The molecule has 0 saturated heterocycles. The maximum Gasteiger partial charge on any atom is 0.170 e. The Kier molecular flexibility index (Phi) is 5.94. The van der Waals surface area contributed by atoms with Gasteiger partial charge in [0.2, 0.25) is 0 Å². The number of nitrogens with one attached hydrogen (secondary N) is 2. The molecule has 0 unspecified atom stereocenters. The number of hydrogen-bond donors (Lipinski definition) is 2. The minimum absolute atomic E-state index is 0.215. The summed E-state index contributed by atoms with van der Waals surface area (Å²) in [5.41, 5.74) is 2.62. The van der Waals surface area contributed by atoms with Gasteiger partial charge in [0.1, 0.15) is 17.3 Å². The summed E-state index contributed by atoms with van der Waals surface area (Å²) in [5, 5.41) is 5.82. The van der Waals surface area contributed by atoms with Crippen molar-refractivity contribution in [1.29, 1.82) is 0 Å². The molecular formula is C19H21F2N3S. The molecule has 0 amide bonds. The zero-order valence-electron chi connectivity index (χ0n) is 13.9. The number of para-hydroxylation sites is 1. The fourth-order valence-corrected chi connectivity index (χ4v) is 3.23. The summed E-state index contributed by atoms with van der Waals surface area (Å²) in [6.07, 6.45) is 1.99. The molecule has 25 heavy (non-hydrogen) atoms. The predicted molar refractivity (Wildman–Crippen MR) is 101 cm³/mol. The third-order valence-electron chi connectivity index (χ3n) is 4.35. The van der Waals surface area contributed by atoms with Gasteiger partial charge in [0.25, 0.3) is 0 Å². The van der Waals surface area contributed by atoms with Crippen LogP contribution in [0.25, 0.3) is 0 Å². The summed E-state index contributed by atoms with van der Waals surface area (Å²) < 4.78 is 27.1. The maximum absolute atomic E-state index is 13.6. The van der Waals surface area contributed by atoms with E-state index in [0.717, 1.165) is 32.5 Å². The molecule has 0 aromatic heterocycles. The van der Waals surface area contributed by atoms with E-state index < -0.39 is 11.6 Å². The average Bonchev–Trinajstić information content (AvgIpc) is 2.62. The van der Waals surface area contributed by atoms with E-state index in [0.29, 0.717) is 6.54 Å². The first-order valence-corrected chi connectivity index (χ1v) is 8.82. The van der Waals surface area contributed by atoms with Gasteiger partial charge in [-0.1, -0.05) is 30.3 Å². The summed E-state index contributed by atoms with van der Waals surface area (Å²) in [7, 11) is 0. The molecule has 2 N–H and O–H groups in total. The number of hydrogen-bond acceptors (Lipinski definition) is 2. The first kappa shape index (κ1) is 17.8. The Hall–Kier alpha value is -2.05. The molecule has 0 fully saturated rings. The number of nitrogens with zero attached hydrogens (tertiary/aromatic N) is 1. The molecule has 0 radical (unpaired) electrons. The molecule has 6 heteroatoms. The molecular weight excluding hydrogens is 340 g/mol. The first-order chi connectivity index (χ1) is 12.1. The Labute approximate surface area is 152 Å². The van der Waals surface area contributed by atoms with Crippen LogP contribution in [0, 0.1) is 11.6 Å². The van der Waals surface area contributed by atoms with Crippen molar-refractivity contribution in [3.63, 3.8) is 0 Å². The SMILES string of the molecule is Fc1cccc(F)c1NC(=S)NCCCN1CCc2ccccc2C1. The lowest BCUT2D eigenvalue weighted by molar-refractivity contribution is 0.251. The van der Waals surface area contributed by atoms with Crippen LogP contribution >= 0.6 is 12.2 Å². The molecule has 1 aliphatic rings. The van der Waals surface area contributed by atoms with E-state index in [1.54, 1.807) is 0 Å². The predicted octanol–water partition coefficient (Wildman–Crippen LogP) is 3.70. The highest BCUT2D eigenvalue weighted by Crippen LogP contribution is 2.19. The highest BCUT2D eigenvalue weighted by atomic mass is 32.1. The Morgan fingerprint density at radius 3 is 2.52 bits per heavy atom. The molecule has 2 aromatic carbocycles. The second-order valence-corrected chi connectivity index (χ2v) is 6.53. The number of benzene rings is 2. The zero-order chi connectivity index (χ0) is 17.6. The maximum atomic E-state index is 13.6. The van der Waals surface area contributed by atoms with Gasteiger partial charge in [-0.25, -0.2) is 8.78 Å². The third kappa shape index (κ3) is 4.74. The van der Waals surface area contributed by atoms with Gasteiger partial charge in [0.05, 0.1) is 0 Å². The molecule has 0 saturated carbocycles. The Bertz CT molecular complexity index is 731. The van der Waals surface area contributed by atoms with Crippen LogP contribution in [-0.4, -0.2) is 29.6 Å². The second kappa shape index (κ2) is 8.36. The molecule has 0 bridgehead atoms. The van der Waals surface area contributed by atoms with Gasteiger partial charge >= 0.3 is 0 Å². The minimum Gasteiger partial charge on any atom is -0.362 e. The van der Waals surface area contributed by atoms with E-state index in [2.05, 4.69) is 39.8 Å². The van der Waals surface area contributed by atoms with E-state index in [-0.39, 0.29) is 10.8 Å². The number of thiocarbonyl (C=S) groups is 1. The van der Waals surface area contributed by atoms with Gasteiger partial charge in [0, 0.05) is 26.2 Å². The number of halogens is 2. The lowest BCUT2D eigenvalue weighted by atomic mass is 10.00. The van der Waals surface area contributed by atoms with Crippen molar-refractivity contribution in [2.75, 3.05) is 25.0 Å². The smallest absolute Gasteiger partial charge is 0.170 e. The highest BCUT2D eigenvalue weighted by Gasteiger charge is 2.15. The Morgan fingerprint density at radius 1 is 1.04 bits per heavy atom. The monoisotopic (exact) mass is 361 g/mol. The molecule has 3 nitrogen and oxygen atoms in total. The second-order valence-electron chi connectivity index (χ2n) is 6.13. The quantitative estimate of drug-likeness (QED) is 0.627. The van der Waals surface area contributed by atoms with Gasteiger partial charge in [-0.15, -0.1) is 0 Å². The van der Waals surface area contributed by atoms with Crippen molar-refractivity contribution < 1.29 is 8.78 Å². The minimum atomic E-state index is -0.656. The van der Waals surface area contributed by atoms with Gasteiger partial charge in [-0.2, -0.15) is 0 Å². The molecule has 0 atom stereocenters. The van der Waals surface area contributed by atoms with E-state index in [1.165, 1.54) is 29.3 Å². The molecule has 1 aliphatic heterocycles. The summed E-state index contributed by atoms with van der Waals surface area (Å²) in [4.78, 5) is 2.41. The van der Waals surface area contributed by atoms with Crippen molar-refractivity contribution in [2.24, 2.45) is 0 Å². The third-order valence-corrected chi connectivity index (χ3v) is 4.59. The van der Waals surface area contributed by atoms with E-state index in [4.69, 9.17) is 12.2 Å².